The fourth-order valence-corrected chi connectivity index (χ4v) is 2.33. The molecule has 2 atom stereocenters. The van der Waals surface area contributed by atoms with Crippen LogP contribution in [-0.4, -0.2) is 17.9 Å². The van der Waals surface area contributed by atoms with E-state index in [1.807, 2.05) is 13.0 Å². The van der Waals surface area contributed by atoms with Gasteiger partial charge in [-0.05, 0) is 43.2 Å². The van der Waals surface area contributed by atoms with E-state index in [1.165, 1.54) is 6.07 Å². The molecule has 26 heavy (non-hydrogen) atoms. The highest BCUT2D eigenvalue weighted by Gasteiger charge is 2.14. The van der Waals surface area contributed by atoms with Gasteiger partial charge in [0.25, 0.3) is 0 Å². The number of hydrogen-bond acceptors (Lipinski definition) is 3. The maximum absolute atomic E-state index is 13.6. The standard InChI is InChI=1S/C19H22FN3O2.ClH/c1-12(21)19(25)22-13(2)14-7-5-8-16(10-14)23-18(24)11-15-6-3-4-9-17(15)20;/h3-10,12-13H,11,21H2,1-2H3,(H,22,25)(H,23,24);1H/t12-,13?;/m1./s1. The molecule has 0 bridgehead atoms. The number of hydrogen-bond donors (Lipinski definition) is 3. The van der Waals surface area contributed by atoms with Gasteiger partial charge < -0.3 is 16.4 Å². The van der Waals surface area contributed by atoms with Gasteiger partial charge in [-0.25, -0.2) is 4.39 Å². The van der Waals surface area contributed by atoms with Crippen molar-refractivity contribution in [3.8, 4) is 0 Å². The number of anilines is 1. The summed E-state index contributed by atoms with van der Waals surface area (Å²) in [5, 5.41) is 5.54. The quantitative estimate of drug-likeness (QED) is 0.721. The van der Waals surface area contributed by atoms with Gasteiger partial charge in [0.2, 0.25) is 11.8 Å². The van der Waals surface area contributed by atoms with E-state index >= 15 is 0 Å². The van der Waals surface area contributed by atoms with Crippen molar-refractivity contribution in [1.82, 2.24) is 5.32 Å². The van der Waals surface area contributed by atoms with Crippen LogP contribution in [0.3, 0.4) is 0 Å². The highest BCUT2D eigenvalue weighted by Crippen LogP contribution is 2.18. The molecule has 0 aliphatic heterocycles. The topological polar surface area (TPSA) is 84.2 Å². The van der Waals surface area contributed by atoms with Gasteiger partial charge >= 0.3 is 0 Å². The minimum absolute atomic E-state index is 0. The highest BCUT2D eigenvalue weighted by molar-refractivity contribution is 5.92. The van der Waals surface area contributed by atoms with Crippen LogP contribution in [0.4, 0.5) is 10.1 Å². The van der Waals surface area contributed by atoms with E-state index in [1.54, 1.807) is 43.3 Å². The van der Waals surface area contributed by atoms with Crippen molar-refractivity contribution in [3.05, 3.63) is 65.5 Å². The molecule has 0 fully saturated rings. The summed E-state index contributed by atoms with van der Waals surface area (Å²) in [5.74, 6) is -0.963. The van der Waals surface area contributed by atoms with Gasteiger partial charge in [0.05, 0.1) is 18.5 Å². The molecule has 0 saturated heterocycles. The Balaban J connectivity index is 0.00000338. The first-order valence-corrected chi connectivity index (χ1v) is 8.06. The lowest BCUT2D eigenvalue weighted by molar-refractivity contribution is -0.122. The summed E-state index contributed by atoms with van der Waals surface area (Å²) in [6.07, 6.45) is -0.0477. The molecule has 2 rings (SSSR count). The Morgan fingerprint density at radius 1 is 1.12 bits per heavy atom. The number of carbonyl (C=O) groups excluding carboxylic acids is 2. The Kier molecular flexibility index (Phi) is 8.22. The summed E-state index contributed by atoms with van der Waals surface area (Å²) in [6, 6.07) is 12.5. The molecule has 0 aromatic heterocycles. The van der Waals surface area contributed by atoms with Crippen molar-refractivity contribution in [2.75, 3.05) is 5.32 Å². The van der Waals surface area contributed by atoms with Gasteiger partial charge in [0, 0.05) is 5.69 Å². The molecular formula is C19H23ClFN3O2. The second-order valence-electron chi connectivity index (χ2n) is 5.96. The van der Waals surface area contributed by atoms with Crippen molar-refractivity contribution < 1.29 is 14.0 Å². The molecule has 0 aliphatic carbocycles. The number of rotatable bonds is 6. The molecule has 0 radical (unpaired) electrons. The largest absolute Gasteiger partial charge is 0.348 e. The molecule has 2 aromatic carbocycles. The van der Waals surface area contributed by atoms with Gasteiger partial charge in [-0.15, -0.1) is 12.4 Å². The molecule has 5 nitrogen and oxygen atoms in total. The van der Waals surface area contributed by atoms with Crippen LogP contribution >= 0.6 is 12.4 Å². The molecule has 1 unspecified atom stereocenters. The summed E-state index contributed by atoms with van der Waals surface area (Å²) in [4.78, 5) is 23.8. The van der Waals surface area contributed by atoms with Crippen LogP contribution in [0.1, 0.15) is 31.0 Å². The van der Waals surface area contributed by atoms with Crippen molar-refractivity contribution in [2.24, 2.45) is 5.73 Å². The van der Waals surface area contributed by atoms with E-state index in [9.17, 15) is 14.0 Å². The average Bonchev–Trinajstić information content (AvgIpc) is 2.57. The summed E-state index contributed by atoms with van der Waals surface area (Å²) in [7, 11) is 0. The van der Waals surface area contributed by atoms with E-state index < -0.39 is 11.9 Å². The third kappa shape index (κ3) is 6.13. The Hall–Kier alpha value is -2.44. The van der Waals surface area contributed by atoms with Crippen molar-refractivity contribution in [3.63, 3.8) is 0 Å². The molecular weight excluding hydrogens is 357 g/mol. The Bertz CT molecular complexity index is 768. The van der Waals surface area contributed by atoms with E-state index in [0.29, 0.717) is 11.3 Å². The summed E-state index contributed by atoms with van der Waals surface area (Å²) < 4.78 is 13.6. The summed E-state index contributed by atoms with van der Waals surface area (Å²) in [5.41, 5.74) is 7.30. The number of benzene rings is 2. The van der Waals surface area contributed by atoms with Crippen molar-refractivity contribution in [1.29, 1.82) is 0 Å². The minimum Gasteiger partial charge on any atom is -0.348 e. The average molecular weight is 380 g/mol. The van der Waals surface area contributed by atoms with Gasteiger partial charge in [-0.1, -0.05) is 30.3 Å². The molecule has 2 aromatic rings. The van der Waals surface area contributed by atoms with E-state index in [4.69, 9.17) is 5.73 Å². The zero-order valence-electron chi connectivity index (χ0n) is 14.7. The second kappa shape index (κ2) is 9.89. The van der Waals surface area contributed by atoms with E-state index in [2.05, 4.69) is 10.6 Å². The number of amides is 2. The second-order valence-corrected chi connectivity index (χ2v) is 5.96. The molecule has 0 heterocycles. The smallest absolute Gasteiger partial charge is 0.237 e. The van der Waals surface area contributed by atoms with Crippen LogP contribution in [0.25, 0.3) is 0 Å². The number of carbonyl (C=O) groups is 2. The fourth-order valence-electron chi connectivity index (χ4n) is 2.33. The lowest BCUT2D eigenvalue weighted by Gasteiger charge is -2.17. The van der Waals surface area contributed by atoms with Crippen LogP contribution in [0.5, 0.6) is 0 Å². The molecule has 140 valence electrons. The fraction of sp³-hybridized carbons (Fsp3) is 0.263. The van der Waals surface area contributed by atoms with Crippen molar-refractivity contribution in [2.45, 2.75) is 32.4 Å². The van der Waals surface area contributed by atoms with Gasteiger partial charge in [-0.3, -0.25) is 9.59 Å². The first kappa shape index (κ1) is 21.6. The third-order valence-electron chi connectivity index (χ3n) is 3.75. The van der Waals surface area contributed by atoms with E-state index in [0.717, 1.165) is 5.56 Å². The molecule has 4 N–H and O–H groups in total. The van der Waals surface area contributed by atoms with Crippen molar-refractivity contribution >= 4 is 29.9 Å². The monoisotopic (exact) mass is 379 g/mol. The van der Waals surface area contributed by atoms with Crippen LogP contribution in [-0.2, 0) is 16.0 Å². The Morgan fingerprint density at radius 2 is 1.81 bits per heavy atom. The molecule has 0 spiro atoms. The first-order valence-electron chi connectivity index (χ1n) is 8.06. The molecule has 7 heteroatoms. The maximum Gasteiger partial charge on any atom is 0.237 e. The van der Waals surface area contributed by atoms with Crippen LogP contribution in [0.15, 0.2) is 48.5 Å². The zero-order chi connectivity index (χ0) is 18.4. The Morgan fingerprint density at radius 3 is 2.46 bits per heavy atom. The third-order valence-corrected chi connectivity index (χ3v) is 3.75. The molecule has 0 aliphatic rings. The normalized spacial score (nSPS) is 12.5. The number of nitrogens with one attached hydrogen (secondary N) is 2. The lowest BCUT2D eigenvalue weighted by Crippen LogP contribution is -2.39. The predicted octanol–water partition coefficient (Wildman–Crippen LogP) is 2.95. The molecule has 0 saturated carbocycles. The Labute approximate surface area is 158 Å². The first-order chi connectivity index (χ1) is 11.9. The molecule has 2 amide bonds. The number of nitrogens with two attached hydrogens (primary N) is 1. The number of halogens is 2. The van der Waals surface area contributed by atoms with E-state index in [-0.39, 0.29) is 36.7 Å². The van der Waals surface area contributed by atoms with Gasteiger partial charge in [0.15, 0.2) is 0 Å². The van der Waals surface area contributed by atoms with Crippen LogP contribution in [0.2, 0.25) is 0 Å². The van der Waals surface area contributed by atoms with Gasteiger partial charge in [0.1, 0.15) is 5.82 Å². The predicted molar refractivity (Wildman–Crippen MR) is 103 cm³/mol. The van der Waals surface area contributed by atoms with Crippen LogP contribution in [0, 0.1) is 5.82 Å². The maximum atomic E-state index is 13.6. The van der Waals surface area contributed by atoms with Crippen LogP contribution < -0.4 is 16.4 Å². The SMILES string of the molecule is CC(NC(=O)[C@@H](C)N)c1cccc(NC(=O)Cc2ccccc2F)c1.Cl. The summed E-state index contributed by atoms with van der Waals surface area (Å²) in [6.45, 7) is 3.45. The highest BCUT2D eigenvalue weighted by atomic mass is 35.5. The summed E-state index contributed by atoms with van der Waals surface area (Å²) >= 11 is 0. The zero-order valence-corrected chi connectivity index (χ0v) is 15.5. The van der Waals surface area contributed by atoms with Gasteiger partial charge in [-0.2, -0.15) is 0 Å². The minimum atomic E-state index is -0.592. The lowest BCUT2D eigenvalue weighted by atomic mass is 10.1.